The van der Waals surface area contributed by atoms with Crippen molar-refractivity contribution in [3.05, 3.63) is 12.2 Å². The molecule has 0 aliphatic heterocycles. The number of rotatable bonds is 15. The maximum absolute atomic E-state index is 10.9. The summed E-state index contributed by atoms with van der Waals surface area (Å²) in [6.07, 6.45) is 22.9. The van der Waals surface area contributed by atoms with E-state index in [4.69, 9.17) is 0 Å². The molecule has 0 bridgehead atoms. The van der Waals surface area contributed by atoms with Crippen molar-refractivity contribution in [2.45, 2.75) is 96.8 Å². The summed E-state index contributed by atoms with van der Waals surface area (Å²) in [5, 5.41) is 0. The molecule has 0 N–H and O–H groups in total. The Kier molecular flexibility index (Phi) is 19.0. The third kappa shape index (κ3) is 19.0. The van der Waals surface area contributed by atoms with Crippen molar-refractivity contribution in [1.29, 1.82) is 0 Å². The van der Waals surface area contributed by atoms with Gasteiger partial charge in [0.2, 0.25) is 0 Å². The number of carbonyl (C=O) groups excluding carboxylic acids is 1. The summed E-state index contributed by atoms with van der Waals surface area (Å²) in [7, 11) is 0. The van der Waals surface area contributed by atoms with Crippen LogP contribution in [-0.4, -0.2) is 48.8 Å². The zero-order valence-electron chi connectivity index (χ0n) is 14.0. The van der Waals surface area contributed by atoms with E-state index in [2.05, 4.69) is 19.1 Å². The van der Waals surface area contributed by atoms with Gasteiger partial charge in [0.05, 0.1) is 0 Å². The number of hydrogen-bond acceptors (Lipinski definition) is 1. The van der Waals surface area contributed by atoms with Gasteiger partial charge in [0.1, 0.15) is 0 Å². The van der Waals surface area contributed by atoms with Crippen molar-refractivity contribution in [2.24, 2.45) is 0 Å². The number of unbranched alkanes of at least 4 members (excludes halogenated alkanes) is 11. The Morgan fingerprint density at radius 1 is 0.750 bits per heavy atom. The van der Waals surface area contributed by atoms with Crippen LogP contribution < -0.4 is 0 Å². The van der Waals surface area contributed by atoms with Gasteiger partial charge in [-0.05, 0) is 0 Å². The van der Waals surface area contributed by atoms with Gasteiger partial charge < -0.3 is 0 Å². The van der Waals surface area contributed by atoms with Gasteiger partial charge in [-0.3, -0.25) is 0 Å². The van der Waals surface area contributed by atoms with Gasteiger partial charge in [-0.2, -0.15) is 0 Å². The van der Waals surface area contributed by atoms with Crippen molar-refractivity contribution in [2.75, 3.05) is 0 Å². The average Bonchev–Trinajstić information content (AvgIpc) is 2.43. The summed E-state index contributed by atoms with van der Waals surface area (Å²) < 4.78 is 0.523. The predicted octanol–water partition coefficient (Wildman–Crippen LogP) is 5.72. The molecule has 0 fully saturated rings. The van der Waals surface area contributed by atoms with Crippen LogP contribution in [0.4, 0.5) is 0 Å². The molecule has 2 heteroatoms. The monoisotopic (exact) mass is 304 g/mol. The maximum atomic E-state index is 10.9. The zero-order chi connectivity index (χ0) is 14.9. The van der Waals surface area contributed by atoms with Gasteiger partial charge in [-0.1, -0.05) is 39.0 Å². The van der Waals surface area contributed by atoms with E-state index in [1.165, 1.54) is 77.0 Å². The minimum absolute atomic E-state index is 0.411. The topological polar surface area (TPSA) is 17.1 Å². The van der Waals surface area contributed by atoms with E-state index in [1.807, 2.05) is 0 Å². The third-order valence-corrected chi connectivity index (χ3v) is 4.57. The van der Waals surface area contributed by atoms with E-state index >= 15 is 0 Å². The molecular weight excluding hydrogens is 271 g/mol. The van der Waals surface area contributed by atoms with Gasteiger partial charge in [0.15, 0.2) is 0 Å². The fourth-order valence-corrected chi connectivity index (χ4v) is 3.00. The Labute approximate surface area is 160 Å². The van der Waals surface area contributed by atoms with Gasteiger partial charge in [0.25, 0.3) is 0 Å². The molecule has 0 radical (unpaired) electrons. The molecular formula is C18H33KO. The Morgan fingerprint density at radius 3 is 1.70 bits per heavy atom. The molecule has 0 aromatic heterocycles. The molecule has 0 amide bonds. The number of carbonyl (C=O) groups is 1. The summed E-state index contributed by atoms with van der Waals surface area (Å²) in [6.45, 7) is 2.27. The van der Waals surface area contributed by atoms with E-state index in [1.54, 1.807) is 0 Å². The second kappa shape index (κ2) is 18.1. The molecule has 0 aliphatic rings. The van der Waals surface area contributed by atoms with E-state index in [-0.39, 0.29) is 0 Å². The summed E-state index contributed by atoms with van der Waals surface area (Å²) in [4.78, 5) is 10.9. The van der Waals surface area contributed by atoms with Crippen LogP contribution >= 0.6 is 0 Å². The molecule has 20 heavy (non-hydrogen) atoms. The first-order valence-corrected chi connectivity index (χ1v) is 10.5. The van der Waals surface area contributed by atoms with Crippen molar-refractivity contribution in [3.8, 4) is 0 Å². The quantitative estimate of drug-likeness (QED) is 0.215. The summed E-state index contributed by atoms with van der Waals surface area (Å²) >= 11 is 0.411. The van der Waals surface area contributed by atoms with Crippen LogP contribution in [0.1, 0.15) is 96.8 Å². The third-order valence-electron chi connectivity index (χ3n) is 3.79. The van der Waals surface area contributed by atoms with Gasteiger partial charge in [-0.25, -0.2) is 0 Å². The van der Waals surface area contributed by atoms with Crippen molar-refractivity contribution >= 4 is 48.8 Å². The molecule has 0 aromatic carbocycles. The van der Waals surface area contributed by atoms with Crippen LogP contribution in [0.5, 0.6) is 0 Å². The van der Waals surface area contributed by atoms with Gasteiger partial charge in [-0.15, -0.1) is 0 Å². The molecule has 0 atom stereocenters. The molecule has 0 saturated carbocycles. The van der Waals surface area contributed by atoms with Crippen LogP contribution in [0.2, 0.25) is 0 Å². The second-order valence-corrected chi connectivity index (χ2v) is 7.78. The Hall–Kier alpha value is 1.05. The van der Waals surface area contributed by atoms with E-state index in [0.29, 0.717) is 48.8 Å². The van der Waals surface area contributed by atoms with E-state index in [0.717, 1.165) is 12.8 Å². The molecule has 112 valence electrons. The van der Waals surface area contributed by atoms with Crippen LogP contribution in [0.3, 0.4) is 0 Å². The molecule has 0 unspecified atom stereocenters. The first-order valence-electron chi connectivity index (χ1n) is 8.91. The first-order chi connectivity index (χ1) is 9.77. The SMILES string of the molecule is CCCCCCCC/C=C\CCCCCCC[C](=O)[K]. The Morgan fingerprint density at radius 2 is 1.20 bits per heavy atom. The average molecular weight is 305 g/mol. The normalized spacial score (nSPS) is 11.3. The van der Waals surface area contributed by atoms with Crippen LogP contribution in [0.15, 0.2) is 12.2 Å². The van der Waals surface area contributed by atoms with Crippen molar-refractivity contribution < 1.29 is 4.79 Å². The first kappa shape index (κ1) is 21.0. The van der Waals surface area contributed by atoms with Crippen molar-refractivity contribution in [3.63, 3.8) is 0 Å². The molecule has 0 spiro atoms. The standard InChI is InChI=1S/C18H33O.K/c1-2-3-4-5-6-7-8-9-10-11-12-13-14-15-16-17-18-19;/h9-10H,2-8,11-17H2,1H3;/b10-9-;. The summed E-state index contributed by atoms with van der Waals surface area (Å²) in [6, 6.07) is 0. The van der Waals surface area contributed by atoms with Gasteiger partial charge >= 0.3 is 124 Å². The zero-order valence-corrected chi connectivity index (χ0v) is 17.1. The summed E-state index contributed by atoms with van der Waals surface area (Å²) in [5.74, 6) is 0. The Bertz CT molecular complexity index is 236. The fraction of sp³-hybridized carbons (Fsp3) is 0.833. The number of hydrogen-bond donors (Lipinski definition) is 0. The van der Waals surface area contributed by atoms with Crippen LogP contribution in [0, 0.1) is 0 Å². The molecule has 1 nitrogen and oxygen atoms in total. The van der Waals surface area contributed by atoms with Crippen LogP contribution in [-0.2, 0) is 4.79 Å². The fourth-order valence-electron chi connectivity index (χ4n) is 2.44. The predicted molar refractivity (Wildman–Crippen MR) is 90.2 cm³/mol. The second-order valence-electron chi connectivity index (χ2n) is 6.04. The summed E-state index contributed by atoms with van der Waals surface area (Å²) in [5.41, 5.74) is 0. The number of allylic oxidation sites excluding steroid dienone is 2. The minimum atomic E-state index is 0.411. The van der Waals surface area contributed by atoms with Gasteiger partial charge in [0, 0.05) is 0 Å². The molecule has 0 saturated heterocycles. The van der Waals surface area contributed by atoms with Crippen molar-refractivity contribution in [1.82, 2.24) is 0 Å². The molecule has 0 rings (SSSR count). The van der Waals surface area contributed by atoms with E-state index < -0.39 is 0 Å². The van der Waals surface area contributed by atoms with E-state index in [9.17, 15) is 4.79 Å². The Balaban J connectivity index is 3.07. The molecule has 0 heterocycles. The molecule has 0 aliphatic carbocycles. The molecule has 0 aromatic rings. The van der Waals surface area contributed by atoms with Crippen LogP contribution in [0.25, 0.3) is 0 Å².